The third-order valence-corrected chi connectivity index (χ3v) is 6.15. The number of hydrogen-bond acceptors (Lipinski definition) is 7. The Labute approximate surface area is 181 Å². The van der Waals surface area contributed by atoms with Crippen LogP contribution in [-0.4, -0.2) is 49.6 Å². The second kappa shape index (κ2) is 9.03. The zero-order valence-electron chi connectivity index (χ0n) is 17.9. The number of Topliss-reactive ketones (excluding diaryl/α,β-unsaturated/α-hetero) is 1. The molecule has 3 aromatic rings. The van der Waals surface area contributed by atoms with E-state index in [1.54, 1.807) is 6.92 Å². The summed E-state index contributed by atoms with van der Waals surface area (Å²) < 4.78 is 0. The fourth-order valence-electron chi connectivity index (χ4n) is 4.22. The highest BCUT2D eigenvalue weighted by Gasteiger charge is 2.36. The fraction of sp³-hybridized carbons (Fsp3) is 0.435. The van der Waals surface area contributed by atoms with Crippen molar-refractivity contribution in [3.8, 4) is 11.1 Å². The Morgan fingerprint density at radius 2 is 1.90 bits per heavy atom. The van der Waals surface area contributed by atoms with Gasteiger partial charge in [-0.25, -0.2) is 0 Å². The molecule has 0 saturated carbocycles. The van der Waals surface area contributed by atoms with E-state index in [1.165, 1.54) is 0 Å². The number of aromatic amines is 1. The van der Waals surface area contributed by atoms with Gasteiger partial charge in [0.15, 0.2) is 5.82 Å². The Bertz CT molecular complexity index is 998. The molecule has 162 valence electrons. The first-order valence-corrected chi connectivity index (χ1v) is 10.7. The summed E-state index contributed by atoms with van der Waals surface area (Å²) in [5.41, 5.74) is 3.10. The topological polar surface area (TPSA) is 117 Å². The standard InChI is InChI=1S/C23H28N6O2/c1-3-4-20(15(2)30)21(22-26-28-29-27-22)11-19-10-7-17(12-25-19)16-5-8-18(9-6-16)23(31)13-24-14-23/h5-10,12,20-21,24,31H,3-4,11,13-14H2,1-2H3,(H,26,27,28,29)/t20-,21+/m1/s1. The van der Waals surface area contributed by atoms with E-state index in [-0.39, 0.29) is 17.6 Å². The van der Waals surface area contributed by atoms with Crippen LogP contribution in [0.3, 0.4) is 0 Å². The predicted molar refractivity (Wildman–Crippen MR) is 116 cm³/mol. The number of pyridine rings is 1. The monoisotopic (exact) mass is 420 g/mol. The molecule has 0 radical (unpaired) electrons. The van der Waals surface area contributed by atoms with Crippen LogP contribution in [0.1, 0.15) is 49.7 Å². The normalized spacial score (nSPS) is 17.0. The number of carbonyl (C=O) groups excluding carboxylic acids is 1. The van der Waals surface area contributed by atoms with Crippen molar-refractivity contribution in [1.82, 2.24) is 30.9 Å². The molecule has 0 unspecified atom stereocenters. The Morgan fingerprint density at radius 1 is 1.16 bits per heavy atom. The van der Waals surface area contributed by atoms with Crippen molar-refractivity contribution in [1.29, 1.82) is 0 Å². The van der Waals surface area contributed by atoms with Crippen molar-refractivity contribution in [3.05, 3.63) is 59.7 Å². The molecule has 1 aromatic carbocycles. The maximum atomic E-state index is 12.3. The Balaban J connectivity index is 1.52. The van der Waals surface area contributed by atoms with Gasteiger partial charge in [0.25, 0.3) is 0 Å². The molecule has 1 fully saturated rings. The van der Waals surface area contributed by atoms with Crippen LogP contribution in [0.5, 0.6) is 0 Å². The number of carbonyl (C=O) groups is 1. The largest absolute Gasteiger partial charge is 0.382 e. The number of aliphatic hydroxyl groups is 1. The second-order valence-corrected chi connectivity index (χ2v) is 8.34. The number of rotatable bonds is 9. The minimum Gasteiger partial charge on any atom is -0.382 e. The molecule has 8 heteroatoms. The van der Waals surface area contributed by atoms with Gasteiger partial charge in [0, 0.05) is 48.8 Å². The number of nitrogens with zero attached hydrogens (tertiary/aromatic N) is 4. The van der Waals surface area contributed by atoms with E-state index < -0.39 is 5.60 Å². The Morgan fingerprint density at radius 3 is 2.42 bits per heavy atom. The van der Waals surface area contributed by atoms with E-state index in [0.717, 1.165) is 35.2 Å². The van der Waals surface area contributed by atoms with Gasteiger partial charge in [0.2, 0.25) is 0 Å². The van der Waals surface area contributed by atoms with Crippen LogP contribution in [-0.2, 0) is 16.8 Å². The van der Waals surface area contributed by atoms with Crippen molar-refractivity contribution < 1.29 is 9.90 Å². The van der Waals surface area contributed by atoms with E-state index in [1.807, 2.05) is 42.6 Å². The molecule has 0 amide bonds. The van der Waals surface area contributed by atoms with Crippen LogP contribution in [0.25, 0.3) is 11.1 Å². The number of aromatic nitrogens is 5. The van der Waals surface area contributed by atoms with Gasteiger partial charge in [-0.1, -0.05) is 48.9 Å². The van der Waals surface area contributed by atoms with Gasteiger partial charge in [-0.3, -0.25) is 9.78 Å². The molecular formula is C23H28N6O2. The highest BCUT2D eigenvalue weighted by Crippen LogP contribution is 2.31. The van der Waals surface area contributed by atoms with Crippen LogP contribution in [0.2, 0.25) is 0 Å². The first-order chi connectivity index (χ1) is 15.0. The highest BCUT2D eigenvalue weighted by molar-refractivity contribution is 5.79. The first kappa shape index (κ1) is 21.3. The first-order valence-electron chi connectivity index (χ1n) is 10.7. The zero-order valence-corrected chi connectivity index (χ0v) is 17.9. The maximum absolute atomic E-state index is 12.3. The van der Waals surface area contributed by atoms with E-state index in [9.17, 15) is 9.90 Å². The summed E-state index contributed by atoms with van der Waals surface area (Å²) in [7, 11) is 0. The van der Waals surface area contributed by atoms with Crippen LogP contribution >= 0.6 is 0 Å². The summed E-state index contributed by atoms with van der Waals surface area (Å²) in [6, 6.07) is 12.0. The van der Waals surface area contributed by atoms with Crippen molar-refractivity contribution in [2.75, 3.05) is 13.1 Å². The summed E-state index contributed by atoms with van der Waals surface area (Å²) in [6.45, 7) is 4.87. The van der Waals surface area contributed by atoms with Gasteiger partial charge < -0.3 is 10.4 Å². The van der Waals surface area contributed by atoms with Crippen molar-refractivity contribution in [2.24, 2.45) is 5.92 Å². The van der Waals surface area contributed by atoms with E-state index >= 15 is 0 Å². The third-order valence-electron chi connectivity index (χ3n) is 6.15. The quantitative estimate of drug-likeness (QED) is 0.487. The van der Waals surface area contributed by atoms with Gasteiger partial charge in [0.05, 0.1) is 0 Å². The van der Waals surface area contributed by atoms with Crippen LogP contribution in [0, 0.1) is 5.92 Å². The molecule has 3 N–H and O–H groups in total. The van der Waals surface area contributed by atoms with Crippen LogP contribution in [0.4, 0.5) is 0 Å². The van der Waals surface area contributed by atoms with Gasteiger partial charge in [-0.05, 0) is 30.5 Å². The van der Waals surface area contributed by atoms with Crippen molar-refractivity contribution in [3.63, 3.8) is 0 Å². The number of hydrogen-bond donors (Lipinski definition) is 3. The molecule has 0 bridgehead atoms. The lowest BCUT2D eigenvalue weighted by atomic mass is 9.82. The maximum Gasteiger partial charge on any atom is 0.178 e. The predicted octanol–water partition coefficient (Wildman–Crippen LogP) is 2.38. The minimum absolute atomic E-state index is 0.136. The number of ketones is 1. The molecule has 4 rings (SSSR count). The van der Waals surface area contributed by atoms with Gasteiger partial charge in [-0.15, -0.1) is 10.2 Å². The van der Waals surface area contributed by atoms with Gasteiger partial charge in [-0.2, -0.15) is 5.21 Å². The molecule has 1 aliphatic heterocycles. The summed E-state index contributed by atoms with van der Waals surface area (Å²) in [6.07, 6.45) is 4.11. The van der Waals surface area contributed by atoms with Crippen molar-refractivity contribution >= 4 is 5.78 Å². The smallest absolute Gasteiger partial charge is 0.178 e. The van der Waals surface area contributed by atoms with Crippen molar-refractivity contribution in [2.45, 2.75) is 44.6 Å². The molecule has 0 aliphatic carbocycles. The molecule has 2 atom stereocenters. The van der Waals surface area contributed by atoms with E-state index in [0.29, 0.717) is 25.3 Å². The Hall–Kier alpha value is -2.97. The summed E-state index contributed by atoms with van der Waals surface area (Å²) in [4.78, 5) is 16.9. The molecule has 1 saturated heterocycles. The summed E-state index contributed by atoms with van der Waals surface area (Å²) in [5, 5.41) is 28.0. The lowest BCUT2D eigenvalue weighted by molar-refractivity contribution is -0.121. The van der Waals surface area contributed by atoms with Crippen LogP contribution in [0.15, 0.2) is 42.6 Å². The number of H-pyrrole nitrogens is 1. The number of β-amino-alcohol motifs (C(OH)–C–C–N with tert-alkyl or cyclic N) is 1. The lowest BCUT2D eigenvalue weighted by Gasteiger charge is -2.38. The molecule has 8 nitrogen and oxygen atoms in total. The molecule has 2 aromatic heterocycles. The molecule has 0 spiro atoms. The molecule has 1 aliphatic rings. The number of nitrogens with one attached hydrogen (secondary N) is 2. The average Bonchev–Trinajstić information content (AvgIpc) is 3.29. The SMILES string of the molecule is CCC[C@H](C(C)=O)[C@H](Cc1ccc(-c2ccc(C3(O)CNC3)cc2)cn1)c1nn[nH]n1. The van der Waals surface area contributed by atoms with Gasteiger partial charge in [0.1, 0.15) is 11.4 Å². The Kier molecular flexibility index (Phi) is 6.20. The molecule has 3 heterocycles. The average molecular weight is 421 g/mol. The molecular weight excluding hydrogens is 392 g/mol. The second-order valence-electron chi connectivity index (χ2n) is 8.34. The van der Waals surface area contributed by atoms with Crippen LogP contribution < -0.4 is 5.32 Å². The molecule has 31 heavy (non-hydrogen) atoms. The summed E-state index contributed by atoms with van der Waals surface area (Å²) >= 11 is 0. The highest BCUT2D eigenvalue weighted by atomic mass is 16.3. The van der Waals surface area contributed by atoms with Gasteiger partial charge >= 0.3 is 0 Å². The zero-order chi connectivity index (χ0) is 21.8. The number of benzene rings is 1. The number of tetrazole rings is 1. The van der Waals surface area contributed by atoms with E-state index in [4.69, 9.17) is 0 Å². The lowest BCUT2D eigenvalue weighted by Crippen LogP contribution is -2.56. The fourth-order valence-corrected chi connectivity index (χ4v) is 4.22. The minimum atomic E-state index is -0.753. The third kappa shape index (κ3) is 4.55. The summed E-state index contributed by atoms with van der Waals surface area (Å²) in [5.74, 6) is 0.365. The van der Waals surface area contributed by atoms with E-state index in [2.05, 4.69) is 37.8 Å².